The van der Waals surface area contributed by atoms with Gasteiger partial charge < -0.3 is 0 Å². The van der Waals surface area contributed by atoms with Gasteiger partial charge in [-0.25, -0.2) is 0 Å². The summed E-state index contributed by atoms with van der Waals surface area (Å²) >= 11 is 0. The van der Waals surface area contributed by atoms with E-state index in [1.165, 1.54) is 109 Å². The molecule has 0 aromatic carbocycles. The Morgan fingerprint density at radius 1 is 0.517 bits per heavy atom. The molecule has 0 aliphatic rings. The second kappa shape index (κ2) is 24.3. The Kier molecular flexibility index (Phi) is 24.3. The summed E-state index contributed by atoms with van der Waals surface area (Å²) in [6, 6.07) is 0. The van der Waals surface area contributed by atoms with Crippen molar-refractivity contribution in [2.75, 3.05) is 0 Å². The van der Waals surface area contributed by atoms with Crippen molar-refractivity contribution in [3.05, 3.63) is 0 Å². The lowest BCUT2D eigenvalue weighted by molar-refractivity contribution is -0.120. The van der Waals surface area contributed by atoms with E-state index < -0.39 is 0 Å². The van der Waals surface area contributed by atoms with Crippen LogP contribution in [-0.2, 0) is 9.59 Å². The van der Waals surface area contributed by atoms with Crippen LogP contribution in [0.15, 0.2) is 0 Å². The first kappa shape index (κ1) is 29.0. The average Bonchev–Trinajstić information content (AvgIpc) is 2.71. The molecular weight excluding hydrogens is 420 g/mol. The van der Waals surface area contributed by atoms with Crippen molar-refractivity contribution in [3.8, 4) is 0 Å². The predicted molar refractivity (Wildman–Crippen MR) is 134 cm³/mol. The minimum atomic E-state index is 0.0827. The Morgan fingerprint density at radius 3 is 1.17 bits per heavy atom. The van der Waals surface area contributed by atoms with E-state index in [9.17, 15) is 9.59 Å². The highest BCUT2D eigenvalue weighted by molar-refractivity contribution is 9.08. The molecule has 0 aromatic rings. The molecule has 0 bridgehead atoms. The topological polar surface area (TPSA) is 58.2 Å². The summed E-state index contributed by atoms with van der Waals surface area (Å²) in [5.41, 5.74) is 0. The standard InChI is InChI=1S/C22H44N2O2S3/c1-3-5-7-9-11-13-15-17-19-21(25)23-27-29-28-24-22(26)20-18-16-14-12-10-8-6-4-2/h3-20H2,1-2H3,(H,23,25)(H,24,26). The molecule has 0 radical (unpaired) electrons. The maximum Gasteiger partial charge on any atom is 0.230 e. The van der Waals surface area contributed by atoms with Crippen LogP contribution in [0.1, 0.15) is 129 Å². The summed E-state index contributed by atoms with van der Waals surface area (Å²) < 4.78 is 5.65. The fourth-order valence-corrected chi connectivity index (χ4v) is 5.36. The van der Waals surface area contributed by atoms with Gasteiger partial charge in [0.1, 0.15) is 0 Å². The third-order valence-electron chi connectivity index (χ3n) is 4.89. The molecule has 2 N–H and O–H groups in total. The Hall–Kier alpha value is -0.0100. The SMILES string of the molecule is CCCCCCCCCCC(=O)NSSSNC(=O)CCCCCCCCCC. The van der Waals surface area contributed by atoms with Crippen molar-refractivity contribution in [2.24, 2.45) is 0 Å². The van der Waals surface area contributed by atoms with Gasteiger partial charge in [0.15, 0.2) is 0 Å². The van der Waals surface area contributed by atoms with Crippen LogP contribution in [0.2, 0.25) is 0 Å². The molecule has 0 heterocycles. The number of carbonyl (C=O) groups excluding carboxylic acids is 2. The van der Waals surface area contributed by atoms with Crippen LogP contribution in [0, 0.1) is 0 Å². The Morgan fingerprint density at radius 2 is 0.828 bits per heavy atom. The number of carbonyl (C=O) groups is 2. The van der Waals surface area contributed by atoms with Gasteiger partial charge in [0.25, 0.3) is 0 Å². The zero-order valence-corrected chi connectivity index (χ0v) is 21.2. The molecule has 0 rings (SSSR count). The van der Waals surface area contributed by atoms with Gasteiger partial charge in [-0.2, -0.15) is 0 Å². The van der Waals surface area contributed by atoms with Crippen LogP contribution in [0.3, 0.4) is 0 Å². The fourth-order valence-electron chi connectivity index (χ4n) is 3.08. The smallest absolute Gasteiger partial charge is 0.230 e. The van der Waals surface area contributed by atoms with Gasteiger partial charge in [-0.15, -0.1) is 0 Å². The third kappa shape index (κ3) is 24.1. The molecule has 0 fully saturated rings. The highest BCUT2D eigenvalue weighted by atomic mass is 33.5. The first-order valence-corrected chi connectivity index (χ1v) is 15.3. The second-order valence-corrected chi connectivity index (χ2v) is 11.2. The molecular formula is C22H44N2O2S3. The van der Waals surface area contributed by atoms with Gasteiger partial charge in [-0.1, -0.05) is 104 Å². The van der Waals surface area contributed by atoms with Crippen molar-refractivity contribution < 1.29 is 9.59 Å². The van der Waals surface area contributed by atoms with Crippen LogP contribution in [0.5, 0.6) is 0 Å². The van der Waals surface area contributed by atoms with Gasteiger partial charge in [-0.05, 0) is 12.8 Å². The zero-order valence-electron chi connectivity index (χ0n) is 18.8. The lowest BCUT2D eigenvalue weighted by atomic mass is 10.1. The molecule has 0 atom stereocenters. The second-order valence-electron chi connectivity index (χ2n) is 7.73. The molecule has 2 amide bonds. The Balaban J connectivity index is 3.29. The summed E-state index contributed by atoms with van der Waals surface area (Å²) in [4.78, 5) is 23.5. The Bertz CT molecular complexity index is 351. The van der Waals surface area contributed by atoms with Crippen molar-refractivity contribution >= 4 is 43.6 Å². The van der Waals surface area contributed by atoms with Gasteiger partial charge in [0.05, 0.1) is 0 Å². The molecule has 172 valence electrons. The summed E-state index contributed by atoms with van der Waals surface area (Å²) in [6.45, 7) is 4.47. The van der Waals surface area contributed by atoms with Crippen LogP contribution in [0.4, 0.5) is 0 Å². The molecule has 0 unspecified atom stereocenters. The van der Waals surface area contributed by atoms with E-state index in [0.29, 0.717) is 12.8 Å². The molecule has 0 aromatic heterocycles. The summed E-state index contributed by atoms with van der Waals surface area (Å²) in [5, 5.41) is 0. The molecule has 0 aliphatic carbocycles. The van der Waals surface area contributed by atoms with Crippen molar-refractivity contribution in [1.82, 2.24) is 9.44 Å². The van der Waals surface area contributed by atoms with E-state index in [4.69, 9.17) is 0 Å². The van der Waals surface area contributed by atoms with Gasteiger partial charge in [0.2, 0.25) is 11.8 Å². The molecule has 29 heavy (non-hydrogen) atoms. The van der Waals surface area contributed by atoms with Crippen LogP contribution in [-0.4, -0.2) is 11.8 Å². The van der Waals surface area contributed by atoms with E-state index in [1.54, 1.807) is 0 Å². The lowest BCUT2D eigenvalue weighted by Crippen LogP contribution is -2.15. The van der Waals surface area contributed by atoms with Gasteiger partial charge >= 0.3 is 0 Å². The summed E-state index contributed by atoms with van der Waals surface area (Å²) in [5.74, 6) is 0.165. The first-order chi connectivity index (χ1) is 14.2. The number of rotatable bonds is 22. The van der Waals surface area contributed by atoms with E-state index in [-0.39, 0.29) is 11.8 Å². The highest BCUT2D eigenvalue weighted by Crippen LogP contribution is 2.29. The van der Waals surface area contributed by atoms with E-state index in [2.05, 4.69) is 23.3 Å². The number of hydrogen-bond acceptors (Lipinski definition) is 5. The maximum absolute atomic E-state index is 11.8. The largest absolute Gasteiger partial charge is 0.290 e. The van der Waals surface area contributed by atoms with Crippen LogP contribution >= 0.6 is 31.8 Å². The highest BCUT2D eigenvalue weighted by Gasteiger charge is 2.04. The maximum atomic E-state index is 11.8. The minimum absolute atomic E-state index is 0.0827. The minimum Gasteiger partial charge on any atom is -0.290 e. The van der Waals surface area contributed by atoms with Crippen molar-refractivity contribution in [3.63, 3.8) is 0 Å². The van der Waals surface area contributed by atoms with E-state index >= 15 is 0 Å². The Labute approximate surface area is 191 Å². The normalized spacial score (nSPS) is 10.8. The molecule has 0 saturated heterocycles. The average molecular weight is 465 g/mol. The van der Waals surface area contributed by atoms with Gasteiger partial charge in [-0.3, -0.25) is 19.0 Å². The number of nitrogens with one attached hydrogen (secondary N) is 2. The molecule has 7 heteroatoms. The van der Waals surface area contributed by atoms with Crippen molar-refractivity contribution in [2.45, 2.75) is 129 Å². The molecule has 4 nitrogen and oxygen atoms in total. The lowest BCUT2D eigenvalue weighted by Gasteiger charge is -2.05. The monoisotopic (exact) mass is 464 g/mol. The quantitative estimate of drug-likeness (QED) is 0.0961. The van der Waals surface area contributed by atoms with Gasteiger partial charge in [0, 0.05) is 44.6 Å². The first-order valence-electron chi connectivity index (χ1n) is 11.8. The third-order valence-corrected chi connectivity index (χ3v) is 7.78. The number of hydrogen-bond donors (Lipinski definition) is 2. The van der Waals surface area contributed by atoms with Crippen molar-refractivity contribution in [1.29, 1.82) is 0 Å². The predicted octanol–water partition coefficient (Wildman–Crippen LogP) is 8.14. The number of unbranched alkanes of at least 4 members (excludes halogenated alkanes) is 14. The number of amides is 2. The molecule has 0 spiro atoms. The summed E-state index contributed by atoms with van der Waals surface area (Å²) in [6.07, 6.45) is 21.1. The van der Waals surface area contributed by atoms with E-state index in [1.807, 2.05) is 0 Å². The summed E-state index contributed by atoms with van der Waals surface area (Å²) in [7, 11) is 3.96. The fraction of sp³-hybridized carbons (Fsp3) is 0.909. The molecule has 0 aliphatic heterocycles. The van der Waals surface area contributed by atoms with Crippen LogP contribution < -0.4 is 9.44 Å². The van der Waals surface area contributed by atoms with Crippen LogP contribution in [0.25, 0.3) is 0 Å². The molecule has 0 saturated carbocycles. The van der Waals surface area contributed by atoms with E-state index in [0.717, 1.165) is 25.7 Å². The zero-order chi connectivity index (χ0) is 21.4.